The van der Waals surface area contributed by atoms with E-state index in [1.165, 1.54) is 7.48 Å². The fourth-order valence-corrected chi connectivity index (χ4v) is 0.316. The van der Waals surface area contributed by atoms with Gasteiger partial charge >= 0.3 is 0 Å². The van der Waals surface area contributed by atoms with Gasteiger partial charge in [0.1, 0.15) is 0 Å². The van der Waals surface area contributed by atoms with E-state index >= 15 is 0 Å². The molecule has 0 bridgehead atoms. The summed E-state index contributed by atoms with van der Waals surface area (Å²) in [4.78, 5) is 2.02. The van der Waals surface area contributed by atoms with Crippen molar-refractivity contribution in [2.24, 2.45) is 0 Å². The normalized spacial score (nSPS) is 9.71. The van der Waals surface area contributed by atoms with Gasteiger partial charge in [0, 0.05) is 0 Å². The highest BCUT2D eigenvalue weighted by molar-refractivity contribution is 6.25. The Morgan fingerprint density at radius 1 is 1.57 bits per heavy atom. The van der Waals surface area contributed by atoms with E-state index in [9.17, 15) is 0 Å². The third-order valence-electron chi connectivity index (χ3n) is 0.705. The van der Waals surface area contributed by atoms with Crippen LogP contribution in [0, 0.1) is 0 Å². The predicted octanol–water partition coefficient (Wildman–Crippen LogP) is -0.422. The van der Waals surface area contributed by atoms with Crippen molar-refractivity contribution in [3.05, 3.63) is 0 Å². The van der Waals surface area contributed by atoms with Gasteiger partial charge < -0.3 is 9.92 Å². The zero-order valence-electron chi connectivity index (χ0n) is 4.89. The molecule has 0 aromatic carbocycles. The summed E-state index contributed by atoms with van der Waals surface area (Å²) in [7, 11) is 5.13. The van der Waals surface area contributed by atoms with Crippen LogP contribution in [0.3, 0.4) is 0 Å². The predicted molar refractivity (Wildman–Crippen MR) is 31.3 cm³/mol. The first-order chi connectivity index (χ1) is 3.27. The Hall–Kier alpha value is -0.0151. The van der Waals surface area contributed by atoms with Crippen LogP contribution in [-0.2, 0) is 0 Å². The quantitative estimate of drug-likeness (QED) is 0.486. The number of rotatable bonds is 3. The smallest absolute Gasteiger partial charge is 0.288 e. The molecule has 0 aliphatic carbocycles. The van der Waals surface area contributed by atoms with E-state index < -0.39 is 0 Å². The van der Waals surface area contributed by atoms with Crippen molar-refractivity contribution in [1.29, 1.82) is 0 Å². The van der Waals surface area contributed by atoms with E-state index in [0.717, 1.165) is 12.9 Å². The summed E-state index contributed by atoms with van der Waals surface area (Å²) in [5.41, 5.74) is 0. The Morgan fingerprint density at radius 3 is 2.29 bits per heavy atom. The largest absolute Gasteiger partial charge is 0.454 e. The van der Waals surface area contributed by atoms with E-state index in [2.05, 4.69) is 0 Å². The van der Waals surface area contributed by atoms with Gasteiger partial charge in [-0.1, -0.05) is 0 Å². The lowest BCUT2D eigenvalue weighted by molar-refractivity contribution is 0.426. The van der Waals surface area contributed by atoms with Crippen molar-refractivity contribution in [2.75, 3.05) is 20.6 Å². The van der Waals surface area contributed by atoms with Crippen molar-refractivity contribution in [3.63, 3.8) is 0 Å². The minimum Gasteiger partial charge on any atom is -0.454 e. The molecule has 7 heavy (non-hydrogen) atoms. The molecule has 1 N–H and O–H groups in total. The second kappa shape index (κ2) is 4.15. The van der Waals surface area contributed by atoms with E-state index in [1.54, 1.807) is 0 Å². The maximum atomic E-state index is 8.16. The van der Waals surface area contributed by atoms with Gasteiger partial charge in [-0.05, 0) is 27.0 Å². The highest BCUT2D eigenvalue weighted by Crippen LogP contribution is 1.77. The molecule has 0 atom stereocenters. The van der Waals surface area contributed by atoms with Crippen LogP contribution in [0.5, 0.6) is 0 Å². The SMILES string of the molecule is CN(C)CC[B]O. The third kappa shape index (κ3) is 5.98. The molecule has 0 aromatic rings. The summed E-state index contributed by atoms with van der Waals surface area (Å²) in [6.07, 6.45) is 0.757. The van der Waals surface area contributed by atoms with Gasteiger partial charge in [0.05, 0.1) is 0 Å². The Kier molecular flexibility index (Phi) is 4.14. The molecule has 0 saturated carbocycles. The molecule has 2 nitrogen and oxygen atoms in total. The summed E-state index contributed by atoms with van der Waals surface area (Å²) in [5, 5.41) is 8.16. The van der Waals surface area contributed by atoms with Crippen molar-refractivity contribution < 1.29 is 5.02 Å². The second-order valence-corrected chi connectivity index (χ2v) is 1.77. The summed E-state index contributed by atoms with van der Waals surface area (Å²) in [6.45, 7) is 0.927. The van der Waals surface area contributed by atoms with Crippen molar-refractivity contribution in [2.45, 2.75) is 6.32 Å². The van der Waals surface area contributed by atoms with Crippen molar-refractivity contribution >= 4 is 7.48 Å². The highest BCUT2D eigenvalue weighted by atomic mass is 16.2. The first kappa shape index (κ1) is 6.98. The number of hydrogen-bond acceptors (Lipinski definition) is 2. The van der Waals surface area contributed by atoms with Crippen LogP contribution in [0.4, 0.5) is 0 Å². The molecule has 0 amide bonds. The average molecular weight is 99.9 g/mol. The molecule has 0 saturated heterocycles. The van der Waals surface area contributed by atoms with Gasteiger partial charge in [0.25, 0.3) is 7.48 Å². The molecule has 41 valence electrons. The van der Waals surface area contributed by atoms with E-state index in [-0.39, 0.29) is 0 Å². The molecule has 1 radical (unpaired) electrons. The lowest BCUT2D eigenvalue weighted by Crippen LogP contribution is -2.14. The monoisotopic (exact) mass is 100 g/mol. The third-order valence-corrected chi connectivity index (χ3v) is 0.705. The molecule has 0 aliphatic rings. The first-order valence-corrected chi connectivity index (χ1v) is 2.38. The van der Waals surface area contributed by atoms with Gasteiger partial charge in [-0.3, -0.25) is 0 Å². The Balaban J connectivity index is 2.68. The molecule has 0 heterocycles. The summed E-state index contributed by atoms with van der Waals surface area (Å²) < 4.78 is 0. The Morgan fingerprint density at radius 2 is 2.14 bits per heavy atom. The maximum absolute atomic E-state index is 8.16. The second-order valence-electron chi connectivity index (χ2n) is 1.77. The topological polar surface area (TPSA) is 23.5 Å². The Bertz CT molecular complexity index is 40.7. The number of hydrogen-bond donors (Lipinski definition) is 1. The molecular formula is C4H11BNO. The van der Waals surface area contributed by atoms with Crippen LogP contribution in [0.2, 0.25) is 6.32 Å². The lowest BCUT2D eigenvalue weighted by atomic mass is 9.96. The minimum atomic E-state index is 0.757. The minimum absolute atomic E-state index is 0.757. The van der Waals surface area contributed by atoms with Crippen molar-refractivity contribution in [3.8, 4) is 0 Å². The van der Waals surface area contributed by atoms with Gasteiger partial charge in [-0.25, -0.2) is 0 Å². The molecule has 0 rings (SSSR count). The van der Waals surface area contributed by atoms with Crippen LogP contribution < -0.4 is 0 Å². The molecule has 3 heteroatoms. The fraction of sp³-hybridized carbons (Fsp3) is 1.00. The van der Waals surface area contributed by atoms with Crippen molar-refractivity contribution in [1.82, 2.24) is 4.90 Å². The van der Waals surface area contributed by atoms with E-state index in [4.69, 9.17) is 5.02 Å². The zero-order chi connectivity index (χ0) is 5.70. The van der Waals surface area contributed by atoms with Crippen LogP contribution >= 0.6 is 0 Å². The summed E-state index contributed by atoms with van der Waals surface area (Å²) in [6, 6.07) is 0. The van der Waals surface area contributed by atoms with Crippen LogP contribution in [-0.4, -0.2) is 38.0 Å². The highest BCUT2D eigenvalue weighted by Gasteiger charge is 1.87. The summed E-state index contributed by atoms with van der Waals surface area (Å²) in [5.74, 6) is 0. The molecule has 0 aliphatic heterocycles. The molecule has 0 unspecified atom stereocenters. The summed E-state index contributed by atoms with van der Waals surface area (Å²) >= 11 is 0. The van der Waals surface area contributed by atoms with E-state index in [1.807, 2.05) is 19.0 Å². The van der Waals surface area contributed by atoms with Crippen LogP contribution in [0.25, 0.3) is 0 Å². The standard InChI is InChI=1S/C4H11BNO/c1-6(2)4-3-5-7/h7H,3-4H2,1-2H3. The molecule has 0 aromatic heterocycles. The lowest BCUT2D eigenvalue weighted by Gasteiger charge is -2.04. The average Bonchev–Trinajstić information content (AvgIpc) is 1.61. The molecule has 0 spiro atoms. The number of nitrogens with zero attached hydrogens (tertiary/aromatic N) is 1. The van der Waals surface area contributed by atoms with Gasteiger partial charge in [-0.2, -0.15) is 0 Å². The maximum Gasteiger partial charge on any atom is 0.288 e. The Labute approximate surface area is 45.4 Å². The van der Waals surface area contributed by atoms with Crippen LogP contribution in [0.1, 0.15) is 0 Å². The molecule has 0 fully saturated rings. The first-order valence-electron chi connectivity index (χ1n) is 2.38. The van der Waals surface area contributed by atoms with Gasteiger partial charge in [-0.15, -0.1) is 0 Å². The van der Waals surface area contributed by atoms with E-state index in [0.29, 0.717) is 0 Å². The zero-order valence-corrected chi connectivity index (χ0v) is 4.89. The van der Waals surface area contributed by atoms with Crippen LogP contribution in [0.15, 0.2) is 0 Å². The molecular weight excluding hydrogens is 88.9 g/mol. The van der Waals surface area contributed by atoms with Gasteiger partial charge in [0.15, 0.2) is 0 Å². The van der Waals surface area contributed by atoms with Gasteiger partial charge in [0.2, 0.25) is 0 Å². The fourth-order valence-electron chi connectivity index (χ4n) is 0.316.